The summed E-state index contributed by atoms with van der Waals surface area (Å²) in [7, 11) is 6.26. The number of likely N-dealkylation sites (N-methyl/N-ethyl adjacent to an activating group) is 2. The normalized spacial score (nSPS) is 18.2. The minimum Gasteiger partial charge on any atom is -0.377 e. The van der Waals surface area contributed by atoms with Crippen molar-refractivity contribution < 1.29 is 4.74 Å². The Morgan fingerprint density at radius 1 is 1.33 bits per heavy atom. The maximum Gasteiger partial charge on any atom is 0.0641 e. The predicted molar refractivity (Wildman–Crippen MR) is 66.3 cm³/mol. The Bertz CT molecular complexity index is 171. The van der Waals surface area contributed by atoms with E-state index in [1.165, 1.54) is 0 Å². The van der Waals surface area contributed by atoms with Crippen LogP contribution in [-0.4, -0.2) is 50.3 Å². The SMILES string of the molecule is CCC(C)(C(COC(C)C)NC)N(C)C. The summed E-state index contributed by atoms with van der Waals surface area (Å²) < 4.78 is 5.70. The Morgan fingerprint density at radius 3 is 2.13 bits per heavy atom. The lowest BCUT2D eigenvalue weighted by atomic mass is 9.88. The standard InChI is InChI=1S/C12H28N2O/c1-8-12(4,14(6)7)11(13-5)9-15-10(2)3/h10-11,13H,8-9H2,1-7H3. The molecule has 0 rings (SSSR count). The van der Waals surface area contributed by atoms with Gasteiger partial charge in [0.25, 0.3) is 0 Å². The molecule has 0 radical (unpaired) electrons. The molecule has 0 aromatic rings. The van der Waals surface area contributed by atoms with E-state index in [4.69, 9.17) is 4.74 Å². The van der Waals surface area contributed by atoms with Crippen molar-refractivity contribution in [1.82, 2.24) is 10.2 Å². The van der Waals surface area contributed by atoms with Crippen molar-refractivity contribution in [3.05, 3.63) is 0 Å². The van der Waals surface area contributed by atoms with Crippen molar-refractivity contribution >= 4 is 0 Å². The zero-order chi connectivity index (χ0) is 12.1. The van der Waals surface area contributed by atoms with Crippen LogP contribution in [0.4, 0.5) is 0 Å². The maximum atomic E-state index is 5.70. The molecule has 3 nitrogen and oxygen atoms in total. The Labute approximate surface area is 95.2 Å². The van der Waals surface area contributed by atoms with Crippen molar-refractivity contribution in [1.29, 1.82) is 0 Å². The molecule has 1 N–H and O–H groups in total. The zero-order valence-electron chi connectivity index (χ0n) is 11.4. The number of ether oxygens (including phenoxy) is 1. The lowest BCUT2D eigenvalue weighted by molar-refractivity contribution is 0.0136. The zero-order valence-corrected chi connectivity index (χ0v) is 11.4. The molecule has 15 heavy (non-hydrogen) atoms. The Balaban J connectivity index is 4.47. The molecule has 0 aromatic heterocycles. The highest BCUT2D eigenvalue weighted by atomic mass is 16.5. The van der Waals surface area contributed by atoms with Crippen LogP contribution in [-0.2, 0) is 4.74 Å². The second-order valence-electron chi connectivity index (χ2n) is 4.83. The van der Waals surface area contributed by atoms with E-state index in [-0.39, 0.29) is 5.54 Å². The molecule has 0 aliphatic carbocycles. The second kappa shape index (κ2) is 6.46. The summed E-state index contributed by atoms with van der Waals surface area (Å²) in [4.78, 5) is 2.28. The third kappa shape index (κ3) is 4.09. The highest BCUT2D eigenvalue weighted by Gasteiger charge is 2.33. The number of rotatable bonds is 7. The molecule has 0 aliphatic heterocycles. The fourth-order valence-corrected chi connectivity index (χ4v) is 1.74. The van der Waals surface area contributed by atoms with Crippen molar-refractivity contribution in [2.75, 3.05) is 27.7 Å². The summed E-state index contributed by atoms with van der Waals surface area (Å²) in [6, 6.07) is 0.361. The number of hydrogen-bond acceptors (Lipinski definition) is 3. The van der Waals surface area contributed by atoms with Crippen LogP contribution in [0.15, 0.2) is 0 Å². The van der Waals surface area contributed by atoms with Gasteiger partial charge in [0.15, 0.2) is 0 Å². The van der Waals surface area contributed by atoms with Gasteiger partial charge >= 0.3 is 0 Å². The van der Waals surface area contributed by atoms with Crippen molar-refractivity contribution in [2.24, 2.45) is 0 Å². The van der Waals surface area contributed by atoms with Gasteiger partial charge in [-0.1, -0.05) is 6.92 Å². The monoisotopic (exact) mass is 216 g/mol. The molecule has 2 atom stereocenters. The van der Waals surface area contributed by atoms with Crippen LogP contribution >= 0.6 is 0 Å². The van der Waals surface area contributed by atoms with Gasteiger partial charge in [0.1, 0.15) is 0 Å². The predicted octanol–water partition coefficient (Wildman–Crippen LogP) is 1.73. The van der Waals surface area contributed by atoms with Crippen LogP contribution in [0.1, 0.15) is 34.1 Å². The quantitative estimate of drug-likeness (QED) is 0.701. The van der Waals surface area contributed by atoms with Gasteiger partial charge in [-0.2, -0.15) is 0 Å². The Kier molecular flexibility index (Phi) is 6.41. The molecule has 0 fully saturated rings. The minimum absolute atomic E-state index is 0.143. The molecular weight excluding hydrogens is 188 g/mol. The van der Waals surface area contributed by atoms with Crippen LogP contribution in [0.5, 0.6) is 0 Å². The van der Waals surface area contributed by atoms with E-state index < -0.39 is 0 Å². The number of hydrogen-bond donors (Lipinski definition) is 1. The molecule has 92 valence electrons. The van der Waals surface area contributed by atoms with Gasteiger partial charge in [0.2, 0.25) is 0 Å². The van der Waals surface area contributed by atoms with E-state index >= 15 is 0 Å². The molecule has 0 aromatic carbocycles. The third-order valence-corrected chi connectivity index (χ3v) is 3.43. The molecular formula is C12H28N2O. The Hall–Kier alpha value is -0.120. The van der Waals surface area contributed by atoms with Gasteiger partial charge in [-0.15, -0.1) is 0 Å². The van der Waals surface area contributed by atoms with Crippen LogP contribution in [0.3, 0.4) is 0 Å². The first-order valence-electron chi connectivity index (χ1n) is 5.84. The van der Waals surface area contributed by atoms with Gasteiger partial charge in [-0.3, -0.25) is 0 Å². The van der Waals surface area contributed by atoms with E-state index in [0.717, 1.165) is 13.0 Å². The summed E-state index contributed by atoms with van der Waals surface area (Å²) >= 11 is 0. The molecule has 3 heteroatoms. The average Bonchev–Trinajstić information content (AvgIpc) is 2.17. The summed E-state index contributed by atoms with van der Waals surface area (Å²) in [6.45, 7) is 9.41. The van der Waals surface area contributed by atoms with Crippen molar-refractivity contribution in [2.45, 2.75) is 51.8 Å². The molecule has 0 amide bonds. The smallest absolute Gasteiger partial charge is 0.0641 e. The molecule has 0 aliphatic rings. The van der Waals surface area contributed by atoms with E-state index in [9.17, 15) is 0 Å². The fraction of sp³-hybridized carbons (Fsp3) is 1.00. The first kappa shape index (κ1) is 14.9. The highest BCUT2D eigenvalue weighted by Crippen LogP contribution is 2.21. The second-order valence-corrected chi connectivity index (χ2v) is 4.83. The summed E-state index contributed by atoms with van der Waals surface area (Å²) in [5.41, 5.74) is 0.143. The Morgan fingerprint density at radius 2 is 1.87 bits per heavy atom. The lowest BCUT2D eigenvalue weighted by Crippen LogP contribution is -2.58. The van der Waals surface area contributed by atoms with E-state index in [1.807, 2.05) is 7.05 Å². The van der Waals surface area contributed by atoms with Crippen LogP contribution < -0.4 is 5.32 Å². The van der Waals surface area contributed by atoms with E-state index in [0.29, 0.717) is 12.1 Å². The third-order valence-electron chi connectivity index (χ3n) is 3.43. The molecule has 0 bridgehead atoms. The van der Waals surface area contributed by atoms with Gasteiger partial charge < -0.3 is 15.0 Å². The van der Waals surface area contributed by atoms with Crippen molar-refractivity contribution in [3.63, 3.8) is 0 Å². The molecule has 0 heterocycles. The maximum absolute atomic E-state index is 5.70. The van der Waals surface area contributed by atoms with E-state index in [2.05, 4.69) is 52.0 Å². The number of nitrogens with zero attached hydrogens (tertiary/aromatic N) is 1. The first-order chi connectivity index (χ1) is 6.88. The molecule has 0 spiro atoms. The lowest BCUT2D eigenvalue weighted by Gasteiger charge is -2.42. The minimum atomic E-state index is 0.143. The van der Waals surface area contributed by atoms with Gasteiger partial charge in [0.05, 0.1) is 12.7 Å². The topological polar surface area (TPSA) is 24.5 Å². The summed E-state index contributed by atoms with van der Waals surface area (Å²) in [5.74, 6) is 0. The molecule has 2 unspecified atom stereocenters. The van der Waals surface area contributed by atoms with Gasteiger partial charge in [-0.05, 0) is 48.3 Å². The van der Waals surface area contributed by atoms with E-state index in [1.54, 1.807) is 0 Å². The van der Waals surface area contributed by atoms with Crippen molar-refractivity contribution in [3.8, 4) is 0 Å². The molecule has 0 saturated heterocycles. The summed E-state index contributed by atoms with van der Waals surface area (Å²) in [6.07, 6.45) is 1.40. The highest BCUT2D eigenvalue weighted by molar-refractivity contribution is 4.93. The van der Waals surface area contributed by atoms with Gasteiger partial charge in [0, 0.05) is 11.6 Å². The number of nitrogens with one attached hydrogen (secondary N) is 1. The first-order valence-corrected chi connectivity index (χ1v) is 5.84. The summed E-state index contributed by atoms with van der Waals surface area (Å²) in [5, 5.41) is 3.36. The van der Waals surface area contributed by atoms with Gasteiger partial charge in [-0.25, -0.2) is 0 Å². The van der Waals surface area contributed by atoms with Crippen LogP contribution in [0.2, 0.25) is 0 Å². The largest absolute Gasteiger partial charge is 0.377 e. The van der Waals surface area contributed by atoms with Crippen LogP contribution in [0.25, 0.3) is 0 Å². The van der Waals surface area contributed by atoms with Crippen LogP contribution in [0, 0.1) is 0 Å². The average molecular weight is 216 g/mol. The molecule has 0 saturated carbocycles. The fourth-order valence-electron chi connectivity index (χ4n) is 1.74.